The van der Waals surface area contributed by atoms with E-state index in [-0.39, 0.29) is 23.8 Å². The number of carboxylic acid groups (broad SMARTS) is 1. The molecule has 134 valence electrons. The third kappa shape index (κ3) is 3.52. The summed E-state index contributed by atoms with van der Waals surface area (Å²) in [5.41, 5.74) is 0.635. The molecule has 2 aliphatic heterocycles. The predicted molar refractivity (Wildman–Crippen MR) is 92.0 cm³/mol. The maximum absolute atomic E-state index is 12.9. The third-order valence-electron chi connectivity index (χ3n) is 5.43. The summed E-state index contributed by atoms with van der Waals surface area (Å²) in [6, 6.07) is 8.81. The summed E-state index contributed by atoms with van der Waals surface area (Å²) in [7, 11) is 0. The molecule has 0 aromatic heterocycles. The molecule has 6 nitrogen and oxygen atoms in total. The highest BCUT2D eigenvalue weighted by atomic mass is 16.4. The van der Waals surface area contributed by atoms with Crippen LogP contribution in [0.25, 0.3) is 0 Å². The highest BCUT2D eigenvalue weighted by molar-refractivity contribution is 5.94. The van der Waals surface area contributed by atoms with Crippen molar-refractivity contribution >= 4 is 17.8 Å². The van der Waals surface area contributed by atoms with E-state index >= 15 is 0 Å². The first-order chi connectivity index (χ1) is 12.0. The lowest BCUT2D eigenvalue weighted by molar-refractivity contribution is -0.143. The molecule has 3 unspecified atom stereocenters. The molecule has 0 spiro atoms. The van der Waals surface area contributed by atoms with Crippen molar-refractivity contribution in [1.82, 2.24) is 9.80 Å². The van der Waals surface area contributed by atoms with Gasteiger partial charge in [0.1, 0.15) is 0 Å². The number of carbonyl (C=O) groups is 3. The van der Waals surface area contributed by atoms with E-state index in [9.17, 15) is 19.5 Å². The fourth-order valence-electron chi connectivity index (χ4n) is 3.94. The smallest absolute Gasteiger partial charge is 0.308 e. The maximum Gasteiger partial charge on any atom is 0.308 e. The predicted octanol–water partition coefficient (Wildman–Crippen LogP) is 1.86. The van der Waals surface area contributed by atoms with Crippen LogP contribution in [0.5, 0.6) is 0 Å². The zero-order valence-corrected chi connectivity index (χ0v) is 14.4. The van der Waals surface area contributed by atoms with Gasteiger partial charge in [-0.25, -0.2) is 0 Å². The average Bonchev–Trinajstić information content (AvgIpc) is 3.03. The van der Waals surface area contributed by atoms with Crippen LogP contribution in [0.2, 0.25) is 0 Å². The molecular weight excluding hydrogens is 320 g/mol. The number of likely N-dealkylation sites (tertiary alicyclic amines) is 2. The lowest BCUT2D eigenvalue weighted by atomic mass is 9.95. The summed E-state index contributed by atoms with van der Waals surface area (Å²) in [6.07, 6.45) is 2.04. The van der Waals surface area contributed by atoms with Crippen LogP contribution in [-0.2, 0) is 9.59 Å². The highest BCUT2D eigenvalue weighted by Gasteiger charge is 2.41. The Morgan fingerprint density at radius 1 is 1.08 bits per heavy atom. The minimum atomic E-state index is -0.840. The minimum Gasteiger partial charge on any atom is -0.481 e. The molecule has 3 atom stereocenters. The quantitative estimate of drug-likeness (QED) is 0.908. The van der Waals surface area contributed by atoms with E-state index in [0.29, 0.717) is 31.6 Å². The van der Waals surface area contributed by atoms with Gasteiger partial charge in [-0.15, -0.1) is 0 Å². The first-order valence-corrected chi connectivity index (χ1v) is 8.86. The summed E-state index contributed by atoms with van der Waals surface area (Å²) in [5, 5.41) is 9.24. The molecule has 0 bridgehead atoms. The Bertz CT molecular complexity index is 661. The Labute approximate surface area is 147 Å². The van der Waals surface area contributed by atoms with Gasteiger partial charge >= 0.3 is 5.97 Å². The number of piperidine rings is 1. The Morgan fingerprint density at radius 3 is 2.44 bits per heavy atom. The molecule has 0 aliphatic carbocycles. The van der Waals surface area contributed by atoms with Crippen molar-refractivity contribution in [2.45, 2.75) is 32.2 Å². The van der Waals surface area contributed by atoms with Crippen LogP contribution in [-0.4, -0.2) is 58.4 Å². The molecule has 2 aliphatic rings. The van der Waals surface area contributed by atoms with E-state index in [4.69, 9.17) is 0 Å². The van der Waals surface area contributed by atoms with Gasteiger partial charge in [0.15, 0.2) is 0 Å². The van der Waals surface area contributed by atoms with Crippen molar-refractivity contribution in [2.75, 3.05) is 19.6 Å². The number of nitrogens with zero attached hydrogens (tertiary/aromatic N) is 2. The second kappa shape index (κ2) is 7.25. The Hall–Kier alpha value is -2.37. The van der Waals surface area contributed by atoms with Gasteiger partial charge in [-0.2, -0.15) is 0 Å². The summed E-state index contributed by atoms with van der Waals surface area (Å²) in [5.74, 6) is -1.63. The van der Waals surface area contributed by atoms with E-state index in [2.05, 4.69) is 0 Å². The van der Waals surface area contributed by atoms with Crippen LogP contribution in [0, 0.1) is 11.8 Å². The first kappa shape index (κ1) is 17.5. The molecule has 1 aromatic rings. The zero-order chi connectivity index (χ0) is 18.0. The topological polar surface area (TPSA) is 77.9 Å². The molecule has 2 amide bonds. The number of carboxylic acids is 1. The SMILES string of the molecule is CC1C(C(=O)O)CCN1C(=O)C1CCCN(C(=O)c2ccccc2)C1. The van der Waals surface area contributed by atoms with E-state index in [0.717, 1.165) is 12.8 Å². The number of amides is 2. The van der Waals surface area contributed by atoms with Crippen LogP contribution in [0.15, 0.2) is 30.3 Å². The fraction of sp³-hybridized carbons (Fsp3) is 0.526. The molecule has 2 saturated heterocycles. The van der Waals surface area contributed by atoms with Gasteiger partial charge in [-0.05, 0) is 38.3 Å². The lowest BCUT2D eigenvalue weighted by Gasteiger charge is -2.35. The molecule has 0 radical (unpaired) electrons. The molecule has 1 aromatic carbocycles. The first-order valence-electron chi connectivity index (χ1n) is 8.86. The molecular formula is C19H24N2O4. The second-order valence-corrected chi connectivity index (χ2v) is 6.96. The second-order valence-electron chi connectivity index (χ2n) is 6.96. The molecule has 1 N–H and O–H groups in total. The molecule has 2 fully saturated rings. The van der Waals surface area contributed by atoms with Crippen molar-refractivity contribution in [3.05, 3.63) is 35.9 Å². The molecule has 2 heterocycles. The number of rotatable bonds is 3. The Kier molecular flexibility index (Phi) is 5.06. The van der Waals surface area contributed by atoms with Gasteiger partial charge < -0.3 is 14.9 Å². The Balaban J connectivity index is 1.66. The van der Waals surface area contributed by atoms with Gasteiger partial charge in [0, 0.05) is 31.2 Å². The molecule has 6 heteroatoms. The minimum absolute atomic E-state index is 0.0122. The van der Waals surface area contributed by atoms with E-state index < -0.39 is 11.9 Å². The van der Waals surface area contributed by atoms with Gasteiger partial charge in [0.25, 0.3) is 5.91 Å². The number of hydrogen-bond acceptors (Lipinski definition) is 3. The largest absolute Gasteiger partial charge is 0.481 e. The van der Waals surface area contributed by atoms with Gasteiger partial charge in [0.05, 0.1) is 11.8 Å². The van der Waals surface area contributed by atoms with Crippen molar-refractivity contribution in [3.8, 4) is 0 Å². The lowest BCUT2D eigenvalue weighted by Crippen LogP contribution is -2.48. The maximum atomic E-state index is 12.9. The van der Waals surface area contributed by atoms with Gasteiger partial charge in [-0.3, -0.25) is 14.4 Å². The van der Waals surface area contributed by atoms with Crippen LogP contribution in [0.4, 0.5) is 0 Å². The van der Waals surface area contributed by atoms with E-state index in [1.54, 1.807) is 28.9 Å². The van der Waals surface area contributed by atoms with Crippen molar-refractivity contribution in [2.24, 2.45) is 11.8 Å². The van der Waals surface area contributed by atoms with Crippen LogP contribution >= 0.6 is 0 Å². The number of carbonyl (C=O) groups excluding carboxylic acids is 2. The van der Waals surface area contributed by atoms with Crippen molar-refractivity contribution in [1.29, 1.82) is 0 Å². The van der Waals surface area contributed by atoms with E-state index in [1.165, 1.54) is 0 Å². The molecule has 3 rings (SSSR count). The summed E-state index contributed by atoms with van der Waals surface area (Å²) >= 11 is 0. The van der Waals surface area contributed by atoms with Crippen LogP contribution in [0.1, 0.15) is 36.5 Å². The summed E-state index contributed by atoms with van der Waals surface area (Å²) < 4.78 is 0. The van der Waals surface area contributed by atoms with Crippen molar-refractivity contribution in [3.63, 3.8) is 0 Å². The van der Waals surface area contributed by atoms with Crippen LogP contribution < -0.4 is 0 Å². The highest BCUT2D eigenvalue weighted by Crippen LogP contribution is 2.28. The number of benzene rings is 1. The normalized spacial score (nSPS) is 26.5. The average molecular weight is 344 g/mol. The van der Waals surface area contributed by atoms with Crippen LogP contribution in [0.3, 0.4) is 0 Å². The van der Waals surface area contributed by atoms with Gasteiger partial charge in [-0.1, -0.05) is 18.2 Å². The number of hydrogen-bond donors (Lipinski definition) is 1. The Morgan fingerprint density at radius 2 is 1.80 bits per heavy atom. The molecule has 0 saturated carbocycles. The van der Waals surface area contributed by atoms with Gasteiger partial charge in [0.2, 0.25) is 5.91 Å². The standard InChI is InChI=1S/C19H24N2O4/c1-13-16(19(24)25)9-11-21(13)18(23)15-8-5-10-20(12-15)17(22)14-6-3-2-4-7-14/h2-4,6-7,13,15-16H,5,8-12H2,1H3,(H,24,25). The third-order valence-corrected chi connectivity index (χ3v) is 5.43. The zero-order valence-electron chi connectivity index (χ0n) is 14.4. The summed E-state index contributed by atoms with van der Waals surface area (Å²) in [4.78, 5) is 40.2. The van der Waals surface area contributed by atoms with E-state index in [1.807, 2.05) is 18.2 Å². The fourth-order valence-corrected chi connectivity index (χ4v) is 3.94. The van der Waals surface area contributed by atoms with Crippen molar-refractivity contribution < 1.29 is 19.5 Å². The molecule has 25 heavy (non-hydrogen) atoms. The monoisotopic (exact) mass is 344 g/mol. The number of aliphatic carboxylic acids is 1. The summed E-state index contributed by atoms with van der Waals surface area (Å²) in [6.45, 7) is 3.36.